The Labute approximate surface area is 147 Å². The first-order valence-electron chi connectivity index (χ1n) is 8.68. The summed E-state index contributed by atoms with van der Waals surface area (Å²) < 4.78 is 0. The van der Waals surface area contributed by atoms with Gasteiger partial charge < -0.3 is 5.32 Å². The SMILES string of the molecule is Cc1cccc2c1NC(=O)C21NC(C)[C@H]2C(=O)N(C(C)(C)C)C(=O)[C@H]21. The molecule has 3 amide bonds. The summed E-state index contributed by atoms with van der Waals surface area (Å²) in [6.07, 6.45) is 0. The lowest BCUT2D eigenvalue weighted by atomic mass is 9.76. The van der Waals surface area contributed by atoms with E-state index < -0.39 is 22.9 Å². The van der Waals surface area contributed by atoms with Crippen molar-refractivity contribution in [3.05, 3.63) is 29.3 Å². The molecule has 0 saturated carbocycles. The summed E-state index contributed by atoms with van der Waals surface area (Å²) in [5, 5.41) is 6.25. The molecule has 1 aromatic carbocycles. The van der Waals surface area contributed by atoms with Crippen molar-refractivity contribution in [2.45, 2.75) is 51.7 Å². The van der Waals surface area contributed by atoms with E-state index >= 15 is 0 Å². The Kier molecular flexibility index (Phi) is 3.06. The summed E-state index contributed by atoms with van der Waals surface area (Å²) in [6.45, 7) is 9.35. The highest BCUT2D eigenvalue weighted by atomic mass is 16.2. The van der Waals surface area contributed by atoms with Gasteiger partial charge in [0.05, 0.1) is 11.8 Å². The number of para-hydroxylation sites is 1. The van der Waals surface area contributed by atoms with E-state index in [0.29, 0.717) is 0 Å². The minimum Gasteiger partial charge on any atom is -0.324 e. The van der Waals surface area contributed by atoms with Crippen molar-refractivity contribution in [1.82, 2.24) is 10.2 Å². The standard InChI is InChI=1S/C19H23N3O3/c1-9-7-6-8-11-14(9)20-17(25)19(11)13-12(10(2)21-19)15(23)22(16(13)24)18(3,4)5/h6-8,10,12-13,21H,1-5H3,(H,20,25)/t10?,12-,13+,19?/m1/s1. The van der Waals surface area contributed by atoms with Gasteiger partial charge in [0.2, 0.25) is 17.7 Å². The number of imide groups is 1. The zero-order valence-electron chi connectivity index (χ0n) is 15.1. The molecule has 3 aliphatic heterocycles. The van der Waals surface area contributed by atoms with E-state index in [-0.39, 0.29) is 23.8 Å². The topological polar surface area (TPSA) is 78.5 Å². The van der Waals surface area contributed by atoms with Crippen LogP contribution in [-0.2, 0) is 19.9 Å². The molecular weight excluding hydrogens is 318 g/mol. The summed E-state index contributed by atoms with van der Waals surface area (Å²) >= 11 is 0. The van der Waals surface area contributed by atoms with Gasteiger partial charge >= 0.3 is 0 Å². The van der Waals surface area contributed by atoms with Gasteiger partial charge in [0.25, 0.3) is 0 Å². The molecule has 25 heavy (non-hydrogen) atoms. The molecule has 6 nitrogen and oxygen atoms in total. The van der Waals surface area contributed by atoms with Gasteiger partial charge in [-0.15, -0.1) is 0 Å². The first kappa shape index (κ1) is 16.3. The van der Waals surface area contributed by atoms with Crippen molar-refractivity contribution in [3.8, 4) is 0 Å². The molecule has 0 radical (unpaired) electrons. The van der Waals surface area contributed by atoms with Crippen molar-refractivity contribution in [3.63, 3.8) is 0 Å². The van der Waals surface area contributed by atoms with Crippen LogP contribution in [0.4, 0.5) is 5.69 Å². The largest absolute Gasteiger partial charge is 0.324 e. The molecular formula is C19H23N3O3. The van der Waals surface area contributed by atoms with Gasteiger partial charge in [-0.05, 0) is 40.2 Å². The Bertz CT molecular complexity index is 826. The quantitative estimate of drug-likeness (QED) is 0.702. The van der Waals surface area contributed by atoms with Crippen LogP contribution < -0.4 is 10.6 Å². The van der Waals surface area contributed by atoms with Crippen LogP contribution in [0, 0.1) is 18.8 Å². The summed E-state index contributed by atoms with van der Waals surface area (Å²) in [5.41, 5.74) is 0.698. The Balaban J connectivity index is 1.93. The number of benzene rings is 1. The third-order valence-electron chi connectivity index (χ3n) is 5.78. The smallest absolute Gasteiger partial charge is 0.250 e. The molecule has 3 heterocycles. The number of carbonyl (C=O) groups is 3. The summed E-state index contributed by atoms with van der Waals surface area (Å²) in [6, 6.07) is 5.43. The van der Waals surface area contributed by atoms with Gasteiger partial charge in [-0.1, -0.05) is 18.2 Å². The van der Waals surface area contributed by atoms with Crippen LogP contribution in [0.1, 0.15) is 38.8 Å². The lowest BCUT2D eigenvalue weighted by Crippen LogP contribution is -2.55. The average Bonchev–Trinajstić information content (AvgIpc) is 3.05. The first-order valence-corrected chi connectivity index (χ1v) is 8.68. The minimum absolute atomic E-state index is 0.187. The Morgan fingerprint density at radius 3 is 2.44 bits per heavy atom. The molecule has 0 aliphatic carbocycles. The number of anilines is 1. The maximum absolute atomic E-state index is 13.3. The number of fused-ring (bicyclic) bond motifs is 4. The Morgan fingerprint density at radius 1 is 1.12 bits per heavy atom. The first-order chi connectivity index (χ1) is 11.6. The normalized spacial score (nSPS) is 33.9. The Hall–Kier alpha value is -2.21. The molecule has 3 aliphatic rings. The van der Waals surface area contributed by atoms with Crippen LogP contribution in [0.15, 0.2) is 18.2 Å². The fourth-order valence-electron chi connectivity index (χ4n) is 4.80. The van der Waals surface area contributed by atoms with E-state index in [2.05, 4.69) is 10.6 Å². The number of nitrogens with zero attached hydrogens (tertiary/aromatic N) is 1. The van der Waals surface area contributed by atoms with Crippen LogP contribution in [0.5, 0.6) is 0 Å². The molecule has 0 aromatic heterocycles. The molecule has 2 saturated heterocycles. The number of rotatable bonds is 0. The molecule has 2 N–H and O–H groups in total. The number of aryl methyl sites for hydroxylation is 1. The van der Waals surface area contributed by atoms with E-state index in [1.54, 1.807) is 0 Å². The maximum Gasteiger partial charge on any atom is 0.250 e. The van der Waals surface area contributed by atoms with Crippen molar-refractivity contribution in [1.29, 1.82) is 0 Å². The molecule has 2 unspecified atom stereocenters. The van der Waals surface area contributed by atoms with Gasteiger partial charge in [-0.3, -0.25) is 24.6 Å². The second kappa shape index (κ2) is 4.69. The monoisotopic (exact) mass is 341 g/mol. The highest BCUT2D eigenvalue weighted by Crippen LogP contribution is 2.54. The van der Waals surface area contributed by atoms with Gasteiger partial charge in [0, 0.05) is 22.8 Å². The molecule has 1 spiro atoms. The van der Waals surface area contributed by atoms with Crippen molar-refractivity contribution < 1.29 is 14.4 Å². The molecule has 2 fully saturated rings. The van der Waals surface area contributed by atoms with Crippen LogP contribution in [0.25, 0.3) is 0 Å². The third kappa shape index (κ3) is 1.80. The summed E-state index contributed by atoms with van der Waals surface area (Å²) in [5.74, 6) is -1.92. The zero-order chi connectivity index (χ0) is 18.3. The van der Waals surface area contributed by atoms with E-state index in [0.717, 1.165) is 16.8 Å². The lowest BCUT2D eigenvalue weighted by molar-refractivity contribution is -0.147. The molecule has 1 aromatic rings. The highest BCUT2D eigenvalue weighted by molar-refractivity contribution is 6.15. The van der Waals surface area contributed by atoms with Crippen molar-refractivity contribution in [2.24, 2.45) is 11.8 Å². The number of nitrogens with one attached hydrogen (secondary N) is 2. The van der Waals surface area contributed by atoms with Crippen molar-refractivity contribution in [2.75, 3.05) is 5.32 Å². The minimum atomic E-state index is -1.17. The van der Waals surface area contributed by atoms with E-state index in [1.165, 1.54) is 4.90 Å². The van der Waals surface area contributed by atoms with Crippen LogP contribution in [-0.4, -0.2) is 34.2 Å². The molecule has 6 heteroatoms. The fraction of sp³-hybridized carbons (Fsp3) is 0.526. The number of carbonyl (C=O) groups excluding carboxylic acids is 3. The van der Waals surface area contributed by atoms with Gasteiger partial charge in [0.1, 0.15) is 5.54 Å². The number of hydrogen-bond donors (Lipinski definition) is 2. The second-order valence-corrected chi connectivity index (χ2v) is 8.38. The van der Waals surface area contributed by atoms with E-state index in [9.17, 15) is 14.4 Å². The van der Waals surface area contributed by atoms with Crippen LogP contribution in [0.3, 0.4) is 0 Å². The predicted octanol–water partition coefficient (Wildman–Crippen LogP) is 1.53. The highest BCUT2D eigenvalue weighted by Gasteiger charge is 2.70. The zero-order valence-corrected chi connectivity index (χ0v) is 15.1. The summed E-state index contributed by atoms with van der Waals surface area (Å²) in [7, 11) is 0. The van der Waals surface area contributed by atoms with Crippen molar-refractivity contribution >= 4 is 23.4 Å². The van der Waals surface area contributed by atoms with E-state index in [1.807, 2.05) is 52.8 Å². The maximum atomic E-state index is 13.3. The van der Waals surface area contributed by atoms with Gasteiger partial charge in [-0.2, -0.15) is 0 Å². The third-order valence-corrected chi connectivity index (χ3v) is 5.78. The number of amides is 3. The molecule has 132 valence electrons. The second-order valence-electron chi connectivity index (χ2n) is 8.38. The lowest BCUT2D eigenvalue weighted by Gasteiger charge is -2.34. The molecule has 4 rings (SSSR count). The predicted molar refractivity (Wildman–Crippen MR) is 92.7 cm³/mol. The average molecular weight is 341 g/mol. The van der Waals surface area contributed by atoms with Gasteiger partial charge in [-0.25, -0.2) is 0 Å². The number of hydrogen-bond acceptors (Lipinski definition) is 4. The molecule has 4 atom stereocenters. The summed E-state index contributed by atoms with van der Waals surface area (Å²) in [4.78, 5) is 40.7. The number of likely N-dealkylation sites (tertiary alicyclic amines) is 1. The Morgan fingerprint density at radius 2 is 1.80 bits per heavy atom. The van der Waals surface area contributed by atoms with E-state index in [4.69, 9.17) is 0 Å². The molecule has 0 bridgehead atoms. The van der Waals surface area contributed by atoms with Gasteiger partial charge in [0.15, 0.2) is 0 Å². The fourth-order valence-corrected chi connectivity index (χ4v) is 4.80. The van der Waals surface area contributed by atoms with Crippen LogP contribution in [0.2, 0.25) is 0 Å². The van der Waals surface area contributed by atoms with Crippen LogP contribution >= 0.6 is 0 Å².